The molecule has 1 rings (SSSR count). The van der Waals surface area contributed by atoms with Crippen molar-refractivity contribution in [3.63, 3.8) is 0 Å². The molecule has 0 aromatic heterocycles. The van der Waals surface area contributed by atoms with Crippen molar-refractivity contribution in [1.82, 2.24) is 5.32 Å². The number of hydrogen-bond donors (Lipinski definition) is 2. The number of halogens is 1. The molecule has 1 amide bonds. The summed E-state index contributed by atoms with van der Waals surface area (Å²) in [6.07, 6.45) is 5.06. The third kappa shape index (κ3) is 4.71. The maximum atomic E-state index is 11.6. The molecule has 1 aliphatic rings. The Hall–Kier alpha value is -0.280. The van der Waals surface area contributed by atoms with E-state index in [4.69, 9.17) is 5.73 Å². The Bertz CT molecular complexity index is 211. The Balaban J connectivity index is 0.00000225. The number of hydrogen-bond acceptors (Lipinski definition) is 2. The van der Waals surface area contributed by atoms with Gasteiger partial charge in [-0.05, 0) is 31.2 Å². The topological polar surface area (TPSA) is 55.1 Å². The van der Waals surface area contributed by atoms with Crippen LogP contribution >= 0.6 is 12.4 Å². The van der Waals surface area contributed by atoms with Crippen molar-refractivity contribution in [3.8, 4) is 0 Å². The van der Waals surface area contributed by atoms with Crippen LogP contribution in [0.25, 0.3) is 0 Å². The standard InChI is InChI=1S/C12H24N2O.ClH/c1-9-5-3-6-11(10(9)2)14-12(15)7-4-8-13;/h9-11H,3-8,13H2,1-2H3,(H,14,15);1H. The van der Waals surface area contributed by atoms with E-state index in [2.05, 4.69) is 19.2 Å². The highest BCUT2D eigenvalue weighted by atomic mass is 35.5. The highest BCUT2D eigenvalue weighted by Gasteiger charge is 2.27. The van der Waals surface area contributed by atoms with E-state index < -0.39 is 0 Å². The SMILES string of the molecule is CC1CCCC(NC(=O)CCCN)C1C.Cl. The molecule has 0 aromatic carbocycles. The van der Waals surface area contributed by atoms with Gasteiger partial charge in [0.25, 0.3) is 0 Å². The van der Waals surface area contributed by atoms with Crippen LogP contribution in [0, 0.1) is 11.8 Å². The molecule has 96 valence electrons. The van der Waals surface area contributed by atoms with Crippen molar-refractivity contribution >= 4 is 18.3 Å². The van der Waals surface area contributed by atoms with Crippen LogP contribution in [0.3, 0.4) is 0 Å². The highest BCUT2D eigenvalue weighted by Crippen LogP contribution is 2.29. The lowest BCUT2D eigenvalue weighted by Crippen LogP contribution is -2.43. The van der Waals surface area contributed by atoms with Gasteiger partial charge in [0.2, 0.25) is 5.91 Å². The van der Waals surface area contributed by atoms with Gasteiger partial charge in [0.15, 0.2) is 0 Å². The third-order valence-electron chi connectivity index (χ3n) is 3.66. The van der Waals surface area contributed by atoms with Crippen LogP contribution in [0.4, 0.5) is 0 Å². The van der Waals surface area contributed by atoms with Crippen LogP contribution < -0.4 is 11.1 Å². The Labute approximate surface area is 105 Å². The summed E-state index contributed by atoms with van der Waals surface area (Å²) in [4.78, 5) is 11.6. The third-order valence-corrected chi connectivity index (χ3v) is 3.66. The van der Waals surface area contributed by atoms with Gasteiger partial charge in [-0.3, -0.25) is 4.79 Å². The molecule has 4 heteroatoms. The van der Waals surface area contributed by atoms with Crippen LogP contribution in [0.1, 0.15) is 46.0 Å². The molecule has 16 heavy (non-hydrogen) atoms. The Morgan fingerprint density at radius 2 is 2.06 bits per heavy atom. The molecule has 0 heterocycles. The smallest absolute Gasteiger partial charge is 0.220 e. The van der Waals surface area contributed by atoms with Crippen molar-refractivity contribution in [1.29, 1.82) is 0 Å². The minimum absolute atomic E-state index is 0. The summed E-state index contributed by atoms with van der Waals surface area (Å²) in [5.41, 5.74) is 5.38. The van der Waals surface area contributed by atoms with E-state index in [0.29, 0.717) is 24.9 Å². The lowest BCUT2D eigenvalue weighted by molar-refractivity contribution is -0.122. The molecule has 1 aliphatic carbocycles. The first kappa shape index (κ1) is 15.7. The first-order chi connectivity index (χ1) is 7.15. The van der Waals surface area contributed by atoms with Crippen molar-refractivity contribution in [3.05, 3.63) is 0 Å². The fourth-order valence-electron chi connectivity index (χ4n) is 2.33. The fourth-order valence-corrected chi connectivity index (χ4v) is 2.33. The predicted octanol–water partition coefficient (Wildman–Crippen LogP) is 2.09. The van der Waals surface area contributed by atoms with Crippen LogP contribution in [0.2, 0.25) is 0 Å². The fraction of sp³-hybridized carbons (Fsp3) is 0.917. The monoisotopic (exact) mass is 248 g/mol. The summed E-state index contributed by atoms with van der Waals surface area (Å²) in [5, 5.41) is 3.14. The second-order valence-electron chi connectivity index (χ2n) is 4.83. The van der Waals surface area contributed by atoms with E-state index in [0.717, 1.165) is 18.8 Å². The van der Waals surface area contributed by atoms with Crippen LogP contribution in [-0.2, 0) is 4.79 Å². The molecule has 3 atom stereocenters. The number of amides is 1. The summed E-state index contributed by atoms with van der Waals surface area (Å²) in [5.74, 6) is 1.52. The number of rotatable bonds is 4. The summed E-state index contributed by atoms with van der Waals surface area (Å²) in [6.45, 7) is 5.13. The average Bonchev–Trinajstić information content (AvgIpc) is 2.22. The van der Waals surface area contributed by atoms with Gasteiger partial charge in [-0.15, -0.1) is 12.4 Å². The summed E-state index contributed by atoms with van der Waals surface area (Å²) in [6, 6.07) is 0.388. The average molecular weight is 249 g/mol. The molecule has 0 aliphatic heterocycles. The molecule has 3 unspecified atom stereocenters. The second kappa shape index (κ2) is 7.91. The van der Waals surface area contributed by atoms with Crippen LogP contribution in [0.15, 0.2) is 0 Å². The minimum Gasteiger partial charge on any atom is -0.353 e. The van der Waals surface area contributed by atoms with Crippen molar-refractivity contribution < 1.29 is 4.79 Å². The molecule has 0 bridgehead atoms. The molecular weight excluding hydrogens is 224 g/mol. The molecule has 0 spiro atoms. The molecule has 0 saturated heterocycles. The maximum Gasteiger partial charge on any atom is 0.220 e. The van der Waals surface area contributed by atoms with Gasteiger partial charge in [0.05, 0.1) is 0 Å². The number of nitrogens with two attached hydrogens (primary N) is 1. The number of carbonyl (C=O) groups excluding carboxylic acids is 1. The van der Waals surface area contributed by atoms with E-state index in [1.54, 1.807) is 0 Å². The predicted molar refractivity (Wildman–Crippen MR) is 69.6 cm³/mol. The first-order valence-electron chi connectivity index (χ1n) is 6.14. The van der Waals surface area contributed by atoms with E-state index in [9.17, 15) is 4.79 Å². The zero-order valence-electron chi connectivity index (χ0n) is 10.4. The quantitative estimate of drug-likeness (QED) is 0.801. The van der Waals surface area contributed by atoms with Crippen LogP contribution in [0.5, 0.6) is 0 Å². The summed E-state index contributed by atoms with van der Waals surface area (Å²) >= 11 is 0. The van der Waals surface area contributed by atoms with Gasteiger partial charge >= 0.3 is 0 Å². The van der Waals surface area contributed by atoms with Crippen molar-refractivity contribution in [2.75, 3.05) is 6.54 Å². The van der Waals surface area contributed by atoms with E-state index in [-0.39, 0.29) is 18.3 Å². The number of carbonyl (C=O) groups is 1. The minimum atomic E-state index is 0. The summed E-state index contributed by atoms with van der Waals surface area (Å²) in [7, 11) is 0. The summed E-state index contributed by atoms with van der Waals surface area (Å²) < 4.78 is 0. The van der Waals surface area contributed by atoms with E-state index in [1.807, 2.05) is 0 Å². The highest BCUT2D eigenvalue weighted by molar-refractivity contribution is 5.85. The number of nitrogens with one attached hydrogen (secondary N) is 1. The van der Waals surface area contributed by atoms with E-state index in [1.165, 1.54) is 12.8 Å². The van der Waals surface area contributed by atoms with Gasteiger partial charge in [0.1, 0.15) is 0 Å². The lowest BCUT2D eigenvalue weighted by atomic mass is 9.78. The first-order valence-corrected chi connectivity index (χ1v) is 6.14. The molecule has 1 fully saturated rings. The molecular formula is C12H25ClN2O. The normalized spacial score (nSPS) is 29.3. The van der Waals surface area contributed by atoms with Gasteiger partial charge in [-0.25, -0.2) is 0 Å². The Kier molecular flexibility index (Phi) is 7.77. The zero-order chi connectivity index (χ0) is 11.3. The van der Waals surface area contributed by atoms with E-state index >= 15 is 0 Å². The Morgan fingerprint density at radius 1 is 1.38 bits per heavy atom. The van der Waals surface area contributed by atoms with Crippen molar-refractivity contribution in [2.24, 2.45) is 17.6 Å². The Morgan fingerprint density at radius 3 is 2.69 bits per heavy atom. The van der Waals surface area contributed by atoms with Gasteiger partial charge < -0.3 is 11.1 Å². The second-order valence-corrected chi connectivity index (χ2v) is 4.83. The van der Waals surface area contributed by atoms with Crippen molar-refractivity contribution in [2.45, 2.75) is 52.0 Å². The zero-order valence-corrected chi connectivity index (χ0v) is 11.2. The molecule has 0 radical (unpaired) electrons. The maximum absolute atomic E-state index is 11.6. The molecule has 3 nitrogen and oxygen atoms in total. The molecule has 1 saturated carbocycles. The van der Waals surface area contributed by atoms with Gasteiger partial charge in [-0.2, -0.15) is 0 Å². The molecule has 0 aromatic rings. The van der Waals surface area contributed by atoms with Gasteiger partial charge in [0, 0.05) is 12.5 Å². The molecule has 3 N–H and O–H groups in total. The lowest BCUT2D eigenvalue weighted by Gasteiger charge is -2.34. The van der Waals surface area contributed by atoms with Crippen LogP contribution in [-0.4, -0.2) is 18.5 Å². The van der Waals surface area contributed by atoms with Gasteiger partial charge in [-0.1, -0.05) is 26.7 Å². The largest absolute Gasteiger partial charge is 0.353 e.